The fourth-order valence-corrected chi connectivity index (χ4v) is 1.93. The van der Waals surface area contributed by atoms with Crippen molar-refractivity contribution < 1.29 is 9.72 Å². The molecule has 1 aromatic carbocycles. The number of nitrogens with zero attached hydrogens (tertiary/aromatic N) is 3. The SMILES string of the molecule is CC1CN(C)C(=O)/C1=N\Nc1ccc([N+](=O)[O-])cc1. The Labute approximate surface area is 110 Å². The lowest BCUT2D eigenvalue weighted by molar-refractivity contribution is -0.384. The summed E-state index contributed by atoms with van der Waals surface area (Å²) >= 11 is 0. The third kappa shape index (κ3) is 2.70. The average Bonchev–Trinajstić information content (AvgIpc) is 2.62. The Bertz CT molecular complexity index is 538. The van der Waals surface area contributed by atoms with Gasteiger partial charge in [0.25, 0.3) is 11.6 Å². The van der Waals surface area contributed by atoms with E-state index in [2.05, 4.69) is 10.5 Å². The first-order valence-corrected chi connectivity index (χ1v) is 5.82. The number of nitrogens with one attached hydrogen (secondary N) is 1. The standard InChI is InChI=1S/C12H14N4O3/c1-8-7-15(2)12(17)11(8)14-13-9-3-5-10(6-4-9)16(18)19/h3-6,8,13H,7H2,1-2H3/b14-11-. The van der Waals surface area contributed by atoms with Gasteiger partial charge in [-0.15, -0.1) is 0 Å². The van der Waals surface area contributed by atoms with Gasteiger partial charge in [0.1, 0.15) is 5.71 Å². The molecule has 2 rings (SSSR count). The molecule has 100 valence electrons. The van der Waals surface area contributed by atoms with Crippen LogP contribution in [0.5, 0.6) is 0 Å². The molecule has 0 saturated carbocycles. The predicted molar refractivity (Wildman–Crippen MR) is 71.0 cm³/mol. The van der Waals surface area contributed by atoms with Gasteiger partial charge in [-0.25, -0.2) is 0 Å². The number of rotatable bonds is 3. The summed E-state index contributed by atoms with van der Waals surface area (Å²) in [6, 6.07) is 5.87. The number of carbonyl (C=O) groups excluding carboxylic acids is 1. The number of anilines is 1. The summed E-state index contributed by atoms with van der Waals surface area (Å²) in [7, 11) is 1.73. The third-order valence-corrected chi connectivity index (χ3v) is 2.96. The fraction of sp³-hybridized carbons (Fsp3) is 0.333. The summed E-state index contributed by atoms with van der Waals surface area (Å²) in [5.74, 6) is -0.0232. The molecule has 1 fully saturated rings. The lowest BCUT2D eigenvalue weighted by atomic mass is 10.1. The van der Waals surface area contributed by atoms with Crippen molar-refractivity contribution in [2.24, 2.45) is 11.0 Å². The summed E-state index contributed by atoms with van der Waals surface area (Å²) in [5.41, 5.74) is 3.85. The molecule has 19 heavy (non-hydrogen) atoms. The van der Waals surface area contributed by atoms with E-state index in [1.807, 2.05) is 6.92 Å². The van der Waals surface area contributed by atoms with Crippen molar-refractivity contribution in [1.82, 2.24) is 4.90 Å². The normalized spacial score (nSPS) is 20.9. The van der Waals surface area contributed by atoms with Gasteiger partial charge in [-0.2, -0.15) is 5.10 Å². The average molecular weight is 262 g/mol. The van der Waals surface area contributed by atoms with Crippen molar-refractivity contribution in [3.8, 4) is 0 Å². The highest BCUT2D eigenvalue weighted by atomic mass is 16.6. The number of hydrogen-bond donors (Lipinski definition) is 1. The Morgan fingerprint density at radius 2 is 2.05 bits per heavy atom. The maximum Gasteiger partial charge on any atom is 0.270 e. The molecule has 7 heteroatoms. The van der Waals surface area contributed by atoms with Crippen molar-refractivity contribution >= 4 is 23.0 Å². The van der Waals surface area contributed by atoms with E-state index in [1.54, 1.807) is 24.1 Å². The quantitative estimate of drug-likeness (QED) is 0.660. The first kappa shape index (κ1) is 13.0. The first-order chi connectivity index (χ1) is 8.99. The lowest BCUT2D eigenvalue weighted by Gasteiger charge is -2.04. The number of nitro groups is 1. The van der Waals surface area contributed by atoms with Crippen LogP contribution in [0.25, 0.3) is 0 Å². The van der Waals surface area contributed by atoms with Crippen LogP contribution in [-0.4, -0.2) is 35.0 Å². The molecule has 0 aliphatic carbocycles. The monoisotopic (exact) mass is 262 g/mol. The molecule has 1 aromatic rings. The van der Waals surface area contributed by atoms with Crippen molar-refractivity contribution in [1.29, 1.82) is 0 Å². The van der Waals surface area contributed by atoms with E-state index in [4.69, 9.17) is 0 Å². The molecule has 7 nitrogen and oxygen atoms in total. The summed E-state index contributed by atoms with van der Waals surface area (Å²) in [6.07, 6.45) is 0. The highest BCUT2D eigenvalue weighted by Gasteiger charge is 2.31. The lowest BCUT2D eigenvalue weighted by Crippen LogP contribution is -2.23. The Kier molecular flexibility index (Phi) is 3.46. The molecule has 1 aliphatic rings. The number of non-ortho nitro benzene ring substituents is 1. The minimum atomic E-state index is -0.465. The van der Waals surface area contributed by atoms with Crippen LogP contribution in [-0.2, 0) is 4.79 Å². The Morgan fingerprint density at radius 3 is 2.53 bits per heavy atom. The minimum Gasteiger partial charge on any atom is -0.340 e. The molecule has 0 aromatic heterocycles. The Balaban J connectivity index is 2.10. The number of carbonyl (C=O) groups is 1. The van der Waals surface area contributed by atoms with Crippen molar-refractivity contribution in [3.63, 3.8) is 0 Å². The zero-order valence-electron chi connectivity index (χ0n) is 10.7. The smallest absolute Gasteiger partial charge is 0.270 e. The highest BCUT2D eigenvalue weighted by molar-refractivity contribution is 6.41. The molecule has 0 radical (unpaired) electrons. The number of nitro benzene ring substituents is 1. The van der Waals surface area contributed by atoms with Crippen LogP contribution in [0.2, 0.25) is 0 Å². The topological polar surface area (TPSA) is 87.8 Å². The summed E-state index contributed by atoms with van der Waals surface area (Å²) in [5, 5.41) is 14.6. The van der Waals surface area contributed by atoms with Gasteiger partial charge >= 0.3 is 0 Å². The van der Waals surface area contributed by atoms with Crippen molar-refractivity contribution in [2.45, 2.75) is 6.92 Å². The number of amides is 1. The van der Waals surface area contributed by atoms with Crippen molar-refractivity contribution in [2.75, 3.05) is 19.0 Å². The number of hydrazone groups is 1. The van der Waals surface area contributed by atoms with Crippen LogP contribution in [0.15, 0.2) is 29.4 Å². The molecule has 1 heterocycles. The van der Waals surface area contributed by atoms with E-state index in [0.29, 0.717) is 17.9 Å². The highest BCUT2D eigenvalue weighted by Crippen LogP contribution is 2.17. The van der Waals surface area contributed by atoms with Gasteiger partial charge in [0.2, 0.25) is 0 Å². The molecule has 1 atom stereocenters. The van der Waals surface area contributed by atoms with Gasteiger partial charge in [-0.1, -0.05) is 6.92 Å². The van der Waals surface area contributed by atoms with Crippen LogP contribution in [0.3, 0.4) is 0 Å². The zero-order chi connectivity index (χ0) is 14.0. The van der Waals surface area contributed by atoms with Gasteiger partial charge in [-0.3, -0.25) is 20.3 Å². The Hall–Kier alpha value is -2.44. The number of likely N-dealkylation sites (tertiary alicyclic amines) is 1. The molecule has 1 amide bonds. The Morgan fingerprint density at radius 1 is 1.42 bits per heavy atom. The van der Waals surface area contributed by atoms with E-state index in [9.17, 15) is 14.9 Å². The van der Waals surface area contributed by atoms with Gasteiger partial charge in [0.15, 0.2) is 0 Å². The molecule has 1 N–H and O–H groups in total. The van der Waals surface area contributed by atoms with Crippen LogP contribution in [0.4, 0.5) is 11.4 Å². The first-order valence-electron chi connectivity index (χ1n) is 5.82. The largest absolute Gasteiger partial charge is 0.340 e. The van der Waals surface area contributed by atoms with E-state index in [-0.39, 0.29) is 17.5 Å². The minimum absolute atomic E-state index is 0.0169. The van der Waals surface area contributed by atoms with E-state index >= 15 is 0 Å². The molecule has 1 saturated heterocycles. The molecule has 0 spiro atoms. The number of hydrogen-bond acceptors (Lipinski definition) is 5. The maximum absolute atomic E-state index is 11.7. The van der Waals surface area contributed by atoms with Crippen molar-refractivity contribution in [3.05, 3.63) is 34.4 Å². The molecule has 1 aliphatic heterocycles. The van der Waals surface area contributed by atoms with E-state index in [1.165, 1.54) is 12.1 Å². The second-order valence-electron chi connectivity index (χ2n) is 4.50. The van der Waals surface area contributed by atoms with Crippen LogP contribution in [0, 0.1) is 16.0 Å². The van der Waals surface area contributed by atoms with Gasteiger partial charge < -0.3 is 4.90 Å². The molecule has 0 bridgehead atoms. The van der Waals surface area contributed by atoms with Crippen LogP contribution >= 0.6 is 0 Å². The summed E-state index contributed by atoms with van der Waals surface area (Å²) in [6.45, 7) is 2.58. The molecular formula is C12H14N4O3. The van der Waals surface area contributed by atoms with Gasteiger partial charge in [0.05, 0.1) is 10.6 Å². The second-order valence-corrected chi connectivity index (χ2v) is 4.50. The number of benzene rings is 1. The predicted octanol–water partition coefficient (Wildman–Crippen LogP) is 1.47. The van der Waals surface area contributed by atoms with Crippen LogP contribution in [0.1, 0.15) is 6.92 Å². The second kappa shape index (κ2) is 5.05. The van der Waals surface area contributed by atoms with Gasteiger partial charge in [-0.05, 0) is 12.1 Å². The molecule has 1 unspecified atom stereocenters. The third-order valence-electron chi connectivity index (χ3n) is 2.96. The van der Waals surface area contributed by atoms with Gasteiger partial charge in [0, 0.05) is 31.6 Å². The van der Waals surface area contributed by atoms with E-state index in [0.717, 1.165) is 0 Å². The van der Waals surface area contributed by atoms with Crippen LogP contribution < -0.4 is 5.43 Å². The zero-order valence-corrected chi connectivity index (χ0v) is 10.7. The van der Waals surface area contributed by atoms with E-state index < -0.39 is 4.92 Å². The fourth-order valence-electron chi connectivity index (χ4n) is 1.93. The maximum atomic E-state index is 11.7. The summed E-state index contributed by atoms with van der Waals surface area (Å²) in [4.78, 5) is 23.4. The summed E-state index contributed by atoms with van der Waals surface area (Å²) < 4.78 is 0. The molecular weight excluding hydrogens is 248 g/mol.